The lowest BCUT2D eigenvalue weighted by molar-refractivity contribution is 0.0960. The predicted octanol–water partition coefficient (Wildman–Crippen LogP) is 16.4. The first kappa shape index (κ1) is 53.7. The van der Waals surface area contributed by atoms with Crippen molar-refractivity contribution in [3.63, 3.8) is 0 Å². The number of aliphatic hydroxyl groups is 2. The smallest absolute Gasteiger partial charge is 0.192 e. The number of allylic oxidation sites excluding steroid dienone is 6. The molecule has 0 bridgehead atoms. The Morgan fingerprint density at radius 2 is 0.969 bits per heavy atom. The Bertz CT molecular complexity index is 1710. The summed E-state index contributed by atoms with van der Waals surface area (Å²) in [5.74, 6) is 4.89. The van der Waals surface area contributed by atoms with E-state index in [4.69, 9.17) is 8.85 Å². The lowest BCUT2D eigenvalue weighted by Crippen LogP contribution is -2.49. The van der Waals surface area contributed by atoms with Crippen LogP contribution in [0.2, 0.25) is 36.3 Å². The summed E-state index contributed by atoms with van der Waals surface area (Å²) in [7, 11) is -3.88. The minimum absolute atomic E-state index is 0.0527. The van der Waals surface area contributed by atoms with Crippen molar-refractivity contribution in [2.24, 2.45) is 46.3 Å². The molecule has 6 fully saturated rings. The summed E-state index contributed by atoms with van der Waals surface area (Å²) in [6, 6.07) is 0. The summed E-state index contributed by atoms with van der Waals surface area (Å²) in [4.78, 5) is 0. The van der Waals surface area contributed by atoms with Crippen molar-refractivity contribution >= 4 is 16.6 Å². The molecule has 0 aromatic rings. The van der Waals surface area contributed by atoms with Gasteiger partial charge in [-0.1, -0.05) is 156 Å². The van der Waals surface area contributed by atoms with Crippen LogP contribution < -0.4 is 0 Å². The topological polar surface area (TPSA) is 58.9 Å². The lowest BCUT2D eigenvalue weighted by atomic mass is 9.61. The second-order valence-electron chi connectivity index (χ2n) is 25.8. The van der Waals surface area contributed by atoms with Gasteiger partial charge in [-0.25, -0.2) is 0 Å². The second-order valence-corrected chi connectivity index (χ2v) is 35.3. The molecule has 0 saturated heterocycles. The van der Waals surface area contributed by atoms with E-state index in [1.54, 1.807) is 11.1 Å². The van der Waals surface area contributed by atoms with Crippen molar-refractivity contribution in [1.82, 2.24) is 0 Å². The summed E-state index contributed by atoms with van der Waals surface area (Å²) in [6.45, 7) is 46.8. The molecule has 64 heavy (non-hydrogen) atoms. The summed E-state index contributed by atoms with van der Waals surface area (Å²) in [5.41, 5.74) is 8.68. The van der Waals surface area contributed by atoms with Crippen LogP contribution in [0.3, 0.4) is 0 Å². The van der Waals surface area contributed by atoms with Crippen LogP contribution >= 0.6 is 0 Å². The summed E-state index contributed by atoms with van der Waals surface area (Å²) in [6.07, 6.45) is 27.7. The molecular formula is C58H100O4Si2. The van der Waals surface area contributed by atoms with Gasteiger partial charge in [0.25, 0.3) is 0 Å². The number of rotatable bonds is 10. The minimum atomic E-state index is -1.94. The van der Waals surface area contributed by atoms with Gasteiger partial charge >= 0.3 is 0 Å². The highest BCUT2D eigenvalue weighted by Gasteiger charge is 2.52. The Hall–Kier alpha value is -1.29. The van der Waals surface area contributed by atoms with Gasteiger partial charge in [0.15, 0.2) is 16.6 Å². The van der Waals surface area contributed by atoms with Crippen LogP contribution in [0.5, 0.6) is 0 Å². The van der Waals surface area contributed by atoms with Gasteiger partial charge < -0.3 is 19.1 Å². The van der Waals surface area contributed by atoms with E-state index in [0.29, 0.717) is 29.2 Å². The highest BCUT2D eigenvalue weighted by molar-refractivity contribution is 6.74. The Morgan fingerprint density at radius 3 is 1.31 bits per heavy atom. The van der Waals surface area contributed by atoms with Crippen LogP contribution in [-0.2, 0) is 8.85 Å². The third kappa shape index (κ3) is 11.6. The third-order valence-electron chi connectivity index (χ3n) is 19.8. The normalized spacial score (nSPS) is 36.3. The quantitative estimate of drug-likeness (QED) is 0.169. The molecule has 4 unspecified atom stereocenters. The number of hydrogen-bond donors (Lipinski definition) is 2. The van der Waals surface area contributed by atoms with Crippen LogP contribution in [0, 0.1) is 46.3 Å². The molecule has 0 heterocycles. The van der Waals surface area contributed by atoms with Gasteiger partial charge in [-0.2, -0.15) is 0 Å². The van der Waals surface area contributed by atoms with Crippen LogP contribution in [0.4, 0.5) is 0 Å². The van der Waals surface area contributed by atoms with Gasteiger partial charge in [-0.3, -0.25) is 0 Å². The molecule has 6 heteroatoms. The molecule has 0 spiro atoms. The maximum absolute atomic E-state index is 10.0. The minimum Gasteiger partial charge on any atom is -0.410 e. The Morgan fingerprint density at radius 1 is 0.609 bits per heavy atom. The molecule has 4 nitrogen and oxygen atoms in total. The molecule has 364 valence electrons. The van der Waals surface area contributed by atoms with Gasteiger partial charge in [-0.15, -0.1) is 0 Å². The second kappa shape index (κ2) is 20.7. The molecule has 2 N–H and O–H groups in total. The molecule has 0 aliphatic heterocycles. The Balaban J connectivity index is 0.000000264. The van der Waals surface area contributed by atoms with Gasteiger partial charge in [0.05, 0.1) is 24.4 Å². The zero-order valence-electron chi connectivity index (χ0n) is 44.5. The zero-order valence-corrected chi connectivity index (χ0v) is 46.5. The highest BCUT2D eigenvalue weighted by atomic mass is 28.4. The van der Waals surface area contributed by atoms with Crippen LogP contribution in [0.1, 0.15) is 186 Å². The summed E-state index contributed by atoms with van der Waals surface area (Å²) in [5, 5.41) is 20.4. The van der Waals surface area contributed by atoms with Crippen LogP contribution in [-0.4, -0.2) is 51.3 Å². The van der Waals surface area contributed by atoms with Crippen molar-refractivity contribution in [1.29, 1.82) is 0 Å². The van der Waals surface area contributed by atoms with Gasteiger partial charge in [-0.05, 0) is 184 Å². The Labute approximate surface area is 397 Å². The fraction of sp³-hybridized carbons (Fsp3) is 0.793. The first-order chi connectivity index (χ1) is 29.6. The fourth-order valence-corrected chi connectivity index (χ4v) is 15.7. The third-order valence-corrected chi connectivity index (χ3v) is 28.8. The molecule has 12 atom stereocenters. The van der Waals surface area contributed by atoms with Crippen molar-refractivity contribution in [3.05, 3.63) is 70.9 Å². The fourth-order valence-electron chi connectivity index (χ4n) is 13.1. The van der Waals surface area contributed by atoms with Crippen molar-refractivity contribution in [2.75, 3.05) is 0 Å². The summed E-state index contributed by atoms with van der Waals surface area (Å²) < 4.78 is 14.1. The average molecular weight is 918 g/mol. The van der Waals surface area contributed by atoms with Crippen LogP contribution in [0.15, 0.2) is 70.9 Å². The average Bonchev–Trinajstić information content (AvgIpc) is 3.75. The van der Waals surface area contributed by atoms with Gasteiger partial charge in [0.2, 0.25) is 0 Å². The Kier molecular flexibility index (Phi) is 17.4. The van der Waals surface area contributed by atoms with E-state index in [1.807, 2.05) is 0 Å². The molecule has 6 aliphatic carbocycles. The van der Waals surface area contributed by atoms with Gasteiger partial charge in [0, 0.05) is 0 Å². The summed E-state index contributed by atoms with van der Waals surface area (Å²) >= 11 is 0. The molecule has 6 rings (SSSR count). The monoisotopic (exact) mass is 917 g/mol. The predicted molar refractivity (Wildman–Crippen MR) is 280 cm³/mol. The van der Waals surface area contributed by atoms with E-state index in [9.17, 15) is 10.2 Å². The van der Waals surface area contributed by atoms with E-state index in [1.165, 1.54) is 88.2 Å². The zero-order chi connectivity index (χ0) is 47.8. The molecule has 0 aromatic heterocycles. The first-order valence-corrected chi connectivity index (χ1v) is 32.3. The molecular weight excluding hydrogens is 817 g/mol. The molecule has 6 aliphatic rings. The maximum atomic E-state index is 10.0. The van der Waals surface area contributed by atoms with Crippen molar-refractivity contribution in [2.45, 2.75) is 246 Å². The van der Waals surface area contributed by atoms with E-state index in [-0.39, 0.29) is 22.3 Å². The first-order valence-electron chi connectivity index (χ1n) is 26.5. The van der Waals surface area contributed by atoms with E-state index < -0.39 is 28.8 Å². The molecule has 6 saturated carbocycles. The maximum Gasteiger partial charge on any atom is 0.192 e. The SMILES string of the molecule is C=C1[C@H](O)CC(=C/C=C2\CCC[C@@]3(C)C2CCC3[C@@H](C)CC)C[C@H]1O.C=C1[C@H](O[Si](C)(C)C(C)(C)C)CC(=C/C=C2\CCC[C@@]3(C)C2CCC3[C@@H](C)CC)C[C@H]1O[Si](C)(C)C(C)(C)C. The van der Waals surface area contributed by atoms with E-state index in [0.717, 1.165) is 53.9 Å². The van der Waals surface area contributed by atoms with E-state index >= 15 is 0 Å². The largest absolute Gasteiger partial charge is 0.410 e. The number of hydrogen-bond acceptors (Lipinski definition) is 4. The lowest BCUT2D eigenvalue weighted by Gasteiger charge is -2.46. The molecule has 0 aromatic carbocycles. The highest BCUT2D eigenvalue weighted by Crippen LogP contribution is 2.61. The molecule has 0 amide bonds. The standard InChI is InChI=1S/C35H64O2Si2.C23H36O2/c1-15-25(2)29-20-21-30-28(17-16-22-35(29,30)10)19-18-27-23-31(36-38(11,12)33(4,5)6)26(3)32(24-27)37-39(13,14)34(7,8)9;1-5-15(2)19-10-11-20-18(7-6-12-23(19,20)4)9-8-17-13-21(24)16(3)22(25)14-17/h18-19,25,29-32H,3,15-17,20-24H2,1-2,4-14H3;8-9,15,19-22,24-25H,3,5-7,10-14H2,1-2,4H3/b28-19+;18-9+/t25-,29?,30?,31+,32+,35+;15-,19?,20?,21+,22+,23+/m00/s1. The number of fused-ring (bicyclic) bond motifs is 2. The molecule has 0 radical (unpaired) electrons. The van der Waals surface area contributed by atoms with Crippen molar-refractivity contribution in [3.8, 4) is 0 Å². The van der Waals surface area contributed by atoms with Crippen molar-refractivity contribution < 1.29 is 19.1 Å². The van der Waals surface area contributed by atoms with E-state index in [2.05, 4.69) is 147 Å². The van der Waals surface area contributed by atoms with Gasteiger partial charge in [0.1, 0.15) is 0 Å². The van der Waals surface area contributed by atoms with Crippen LogP contribution in [0.25, 0.3) is 0 Å². The number of aliphatic hydroxyl groups excluding tert-OH is 2.